The second-order valence-corrected chi connectivity index (χ2v) is 11.0. The third-order valence-corrected chi connectivity index (χ3v) is 7.99. The molecule has 0 radical (unpaired) electrons. The van der Waals surface area contributed by atoms with Crippen LogP contribution in [0.5, 0.6) is 0 Å². The summed E-state index contributed by atoms with van der Waals surface area (Å²) in [5.41, 5.74) is 8.41. The van der Waals surface area contributed by atoms with Crippen LogP contribution in [-0.2, 0) is 5.41 Å². The van der Waals surface area contributed by atoms with Crippen molar-refractivity contribution in [1.82, 2.24) is 0 Å². The molecular formula is C59H88. The second-order valence-electron chi connectivity index (χ2n) is 11.0. The number of hydrogen-bond donors (Lipinski definition) is 0. The highest BCUT2D eigenvalue weighted by molar-refractivity contribution is 5.98. The third-order valence-electron chi connectivity index (χ3n) is 7.99. The summed E-state index contributed by atoms with van der Waals surface area (Å²) < 4.78 is 0. The van der Waals surface area contributed by atoms with Crippen molar-refractivity contribution in [2.45, 2.75) is 144 Å². The molecule has 0 spiro atoms. The van der Waals surface area contributed by atoms with Crippen LogP contribution in [0.1, 0.15) is 150 Å². The van der Waals surface area contributed by atoms with Crippen molar-refractivity contribution in [2.75, 3.05) is 0 Å². The highest BCUT2D eigenvalue weighted by Crippen LogP contribution is 2.48. The van der Waals surface area contributed by atoms with E-state index >= 15 is 0 Å². The normalized spacial score (nSPS) is 9.49. The minimum absolute atomic E-state index is 0.160. The predicted molar refractivity (Wildman–Crippen MR) is 279 cm³/mol. The van der Waals surface area contributed by atoms with Gasteiger partial charge in [-0.05, 0) is 67.1 Å². The molecule has 1 aliphatic carbocycles. The summed E-state index contributed by atoms with van der Waals surface area (Å²) in [5, 5.41) is 5.25. The van der Waals surface area contributed by atoms with Gasteiger partial charge in [0.15, 0.2) is 0 Å². The van der Waals surface area contributed by atoms with E-state index in [2.05, 4.69) is 172 Å². The zero-order chi connectivity index (χ0) is 46.1. The summed E-state index contributed by atoms with van der Waals surface area (Å²) in [4.78, 5) is 0. The number of benzene rings is 7. The van der Waals surface area contributed by atoms with Crippen molar-refractivity contribution in [3.8, 4) is 22.3 Å². The van der Waals surface area contributed by atoms with Crippen molar-refractivity contribution < 1.29 is 0 Å². The van der Waals surface area contributed by atoms with Crippen LogP contribution < -0.4 is 0 Å². The fourth-order valence-electron chi connectivity index (χ4n) is 5.81. The molecular weight excluding hydrogens is 709 g/mol. The van der Waals surface area contributed by atoms with Gasteiger partial charge in [0, 0.05) is 5.41 Å². The lowest BCUT2D eigenvalue weighted by Crippen LogP contribution is -2.14. The molecule has 0 amide bonds. The van der Waals surface area contributed by atoms with E-state index in [-0.39, 0.29) is 5.41 Å². The summed E-state index contributed by atoms with van der Waals surface area (Å²) in [7, 11) is 0. The van der Waals surface area contributed by atoms with Gasteiger partial charge in [-0.3, -0.25) is 0 Å². The van der Waals surface area contributed by atoms with E-state index in [1.807, 2.05) is 137 Å². The van der Waals surface area contributed by atoms with Crippen LogP contribution in [-0.4, -0.2) is 0 Å². The average Bonchev–Trinajstić information content (AvgIpc) is 3.60. The lowest BCUT2D eigenvalue weighted by Gasteiger charge is -2.20. The summed E-state index contributed by atoms with van der Waals surface area (Å²) in [6.07, 6.45) is 0. The van der Waals surface area contributed by atoms with Crippen molar-refractivity contribution >= 4 is 21.5 Å². The molecule has 0 atom stereocenters. The Hall–Kier alpha value is -4.94. The standard InChI is InChI=1S/C15H14.C14H10.C12H10.9C2H6/c1-15(2)13-9-5-3-7-11(13)12-8-4-6-10-14(12)15;1-2-6-12-10-14-8-4-3-7-13(14)9-11(12)5-1;1-3-7-11(8-4-1)12-9-5-2-6-10-12;9*1-2/h3-10H,1-2H3;1-10H;1-10H;9*1-2H3. The van der Waals surface area contributed by atoms with Gasteiger partial charge in [0.1, 0.15) is 0 Å². The quantitative estimate of drug-likeness (QED) is 0.145. The molecule has 0 N–H and O–H groups in total. The van der Waals surface area contributed by atoms with Crippen molar-refractivity contribution in [3.05, 3.63) is 181 Å². The topological polar surface area (TPSA) is 0 Å². The molecule has 7 aromatic carbocycles. The van der Waals surface area contributed by atoms with E-state index in [4.69, 9.17) is 0 Å². The largest absolute Gasteiger partial charge is 0.0683 e. The third kappa shape index (κ3) is 20.1. The zero-order valence-corrected chi connectivity index (χ0v) is 41.7. The Morgan fingerprint density at radius 1 is 0.237 bits per heavy atom. The van der Waals surface area contributed by atoms with Gasteiger partial charge in [-0.2, -0.15) is 0 Å². The van der Waals surface area contributed by atoms with Gasteiger partial charge >= 0.3 is 0 Å². The fourth-order valence-corrected chi connectivity index (χ4v) is 5.81. The molecule has 59 heavy (non-hydrogen) atoms. The van der Waals surface area contributed by atoms with E-state index in [0.717, 1.165) is 0 Å². The summed E-state index contributed by atoms with van der Waals surface area (Å²) in [6.45, 7) is 40.6. The van der Waals surface area contributed by atoms with Crippen LogP contribution in [0.2, 0.25) is 0 Å². The SMILES string of the molecule is CC.CC.CC.CC.CC.CC.CC.CC.CC.CC1(C)c2ccccc2-c2ccccc21.c1ccc(-c2ccccc2)cc1.c1ccc2cc3ccccc3cc2c1. The molecule has 0 unspecified atom stereocenters. The molecule has 8 rings (SSSR count). The molecule has 0 saturated heterocycles. The Kier molecular flexibility index (Phi) is 42.4. The Labute approximate surface area is 367 Å². The van der Waals surface area contributed by atoms with Gasteiger partial charge in [0.2, 0.25) is 0 Å². The van der Waals surface area contributed by atoms with Crippen LogP contribution in [0, 0.1) is 0 Å². The van der Waals surface area contributed by atoms with Crippen molar-refractivity contribution in [3.63, 3.8) is 0 Å². The van der Waals surface area contributed by atoms with E-state index in [0.29, 0.717) is 0 Å². The smallest absolute Gasteiger partial charge is 0.0158 e. The van der Waals surface area contributed by atoms with Crippen molar-refractivity contribution in [2.24, 2.45) is 0 Å². The van der Waals surface area contributed by atoms with E-state index in [1.165, 1.54) is 54.9 Å². The number of rotatable bonds is 1. The molecule has 0 saturated carbocycles. The van der Waals surface area contributed by atoms with Gasteiger partial charge in [-0.25, -0.2) is 0 Å². The van der Waals surface area contributed by atoms with Crippen LogP contribution in [0.4, 0.5) is 0 Å². The lowest BCUT2D eigenvalue weighted by atomic mass is 9.82. The van der Waals surface area contributed by atoms with Crippen LogP contribution >= 0.6 is 0 Å². The van der Waals surface area contributed by atoms with Gasteiger partial charge in [-0.15, -0.1) is 0 Å². The molecule has 0 heterocycles. The summed E-state index contributed by atoms with van der Waals surface area (Å²) in [5.74, 6) is 0. The first-order valence-electron chi connectivity index (χ1n) is 23.3. The first-order valence-corrected chi connectivity index (χ1v) is 23.3. The highest BCUT2D eigenvalue weighted by atomic mass is 14.4. The van der Waals surface area contributed by atoms with Gasteiger partial charge in [0.05, 0.1) is 0 Å². The van der Waals surface area contributed by atoms with Gasteiger partial charge < -0.3 is 0 Å². The average molecular weight is 797 g/mol. The molecule has 0 bridgehead atoms. The number of fused-ring (bicyclic) bond motifs is 5. The highest BCUT2D eigenvalue weighted by Gasteiger charge is 2.34. The molecule has 1 aliphatic rings. The number of hydrogen-bond acceptors (Lipinski definition) is 0. The minimum Gasteiger partial charge on any atom is -0.0683 e. The van der Waals surface area contributed by atoms with Gasteiger partial charge in [0.25, 0.3) is 0 Å². The second kappa shape index (κ2) is 41.2. The Morgan fingerprint density at radius 3 is 0.695 bits per heavy atom. The molecule has 0 heteroatoms. The maximum Gasteiger partial charge on any atom is 0.0158 e. The van der Waals surface area contributed by atoms with Crippen LogP contribution in [0.3, 0.4) is 0 Å². The lowest BCUT2D eigenvalue weighted by molar-refractivity contribution is 0.660. The maximum absolute atomic E-state index is 2.30. The summed E-state index contributed by atoms with van der Waals surface area (Å²) in [6, 6.07) is 59.7. The Bertz CT molecular complexity index is 1710. The molecule has 324 valence electrons. The Morgan fingerprint density at radius 2 is 0.441 bits per heavy atom. The van der Waals surface area contributed by atoms with E-state index < -0.39 is 0 Å². The molecule has 0 fully saturated rings. The molecule has 0 aromatic heterocycles. The summed E-state index contributed by atoms with van der Waals surface area (Å²) >= 11 is 0. The predicted octanol–water partition coefficient (Wildman–Crippen LogP) is 20.6. The molecule has 0 nitrogen and oxygen atoms in total. The van der Waals surface area contributed by atoms with E-state index in [9.17, 15) is 0 Å². The first-order chi connectivity index (χ1) is 29.1. The maximum atomic E-state index is 2.30. The zero-order valence-electron chi connectivity index (χ0n) is 41.7. The van der Waals surface area contributed by atoms with Crippen LogP contribution in [0.15, 0.2) is 170 Å². The molecule has 7 aromatic rings. The Balaban J connectivity index is -0.000000324. The monoisotopic (exact) mass is 797 g/mol. The first kappa shape index (κ1) is 60.7. The van der Waals surface area contributed by atoms with Crippen molar-refractivity contribution in [1.29, 1.82) is 0 Å². The van der Waals surface area contributed by atoms with Crippen LogP contribution in [0.25, 0.3) is 43.8 Å². The van der Waals surface area contributed by atoms with E-state index in [1.54, 1.807) is 0 Å². The minimum atomic E-state index is 0.160. The van der Waals surface area contributed by atoms with Gasteiger partial charge in [-0.1, -0.05) is 296 Å². The molecule has 0 aliphatic heterocycles. The fraction of sp³-hybridized carbons (Fsp3) is 0.356.